The van der Waals surface area contributed by atoms with Gasteiger partial charge < -0.3 is 15.2 Å². The highest BCUT2D eigenvalue weighted by Gasteiger charge is 2.03. The molecule has 1 aromatic rings. The fourth-order valence-electron chi connectivity index (χ4n) is 1.13. The lowest BCUT2D eigenvalue weighted by Crippen LogP contribution is -2.32. The molecule has 1 heterocycles. The van der Waals surface area contributed by atoms with Crippen LogP contribution in [0.5, 0.6) is 0 Å². The van der Waals surface area contributed by atoms with Gasteiger partial charge in [0.25, 0.3) is 5.56 Å². The molecule has 0 saturated heterocycles. The van der Waals surface area contributed by atoms with Crippen molar-refractivity contribution >= 4 is 11.6 Å². The number of carbonyl (C=O) groups excluding carboxylic acids is 1. The average molecular weight is 223 g/mol. The van der Waals surface area contributed by atoms with E-state index in [1.165, 1.54) is 10.6 Å². The third-order valence-electron chi connectivity index (χ3n) is 2.06. The summed E-state index contributed by atoms with van der Waals surface area (Å²) in [5, 5.41) is 5.65. The summed E-state index contributed by atoms with van der Waals surface area (Å²) in [4.78, 5) is 22.7. The van der Waals surface area contributed by atoms with E-state index in [0.29, 0.717) is 5.69 Å². The number of carbonyl (C=O) groups is 1. The first-order chi connectivity index (χ1) is 7.49. The van der Waals surface area contributed by atoms with Crippen LogP contribution >= 0.6 is 0 Å². The molecule has 1 rings (SSSR count). The summed E-state index contributed by atoms with van der Waals surface area (Å²) in [7, 11) is 1.66. The number of pyridine rings is 1. The second kappa shape index (κ2) is 5.46. The van der Waals surface area contributed by atoms with Crippen LogP contribution in [0.2, 0.25) is 0 Å². The summed E-state index contributed by atoms with van der Waals surface area (Å²) in [5.74, 6) is -0.151. The summed E-state index contributed by atoms with van der Waals surface area (Å²) < 4.78 is 1.45. The molecule has 0 spiro atoms. The van der Waals surface area contributed by atoms with Crippen LogP contribution in [-0.4, -0.2) is 23.1 Å². The van der Waals surface area contributed by atoms with Crippen molar-refractivity contribution in [3.05, 3.63) is 28.7 Å². The van der Waals surface area contributed by atoms with Gasteiger partial charge in [-0.05, 0) is 6.07 Å². The number of anilines is 1. The zero-order valence-electron chi connectivity index (χ0n) is 9.78. The van der Waals surface area contributed by atoms with E-state index in [9.17, 15) is 9.59 Å². The first kappa shape index (κ1) is 12.4. The van der Waals surface area contributed by atoms with E-state index < -0.39 is 0 Å². The van der Waals surface area contributed by atoms with Crippen LogP contribution in [-0.2, 0) is 11.8 Å². The van der Waals surface area contributed by atoms with Crippen LogP contribution in [0.3, 0.4) is 0 Å². The molecule has 0 aliphatic rings. The van der Waals surface area contributed by atoms with E-state index in [1.54, 1.807) is 19.3 Å². The third-order valence-corrected chi connectivity index (χ3v) is 2.06. The number of aromatic nitrogens is 1. The van der Waals surface area contributed by atoms with Crippen molar-refractivity contribution in [2.45, 2.75) is 19.9 Å². The largest absolute Gasteiger partial charge is 0.325 e. The summed E-state index contributed by atoms with van der Waals surface area (Å²) in [6, 6.07) is 3.34. The lowest BCUT2D eigenvalue weighted by Gasteiger charge is -2.08. The predicted molar refractivity (Wildman–Crippen MR) is 63.5 cm³/mol. The minimum atomic E-state index is -0.151. The van der Waals surface area contributed by atoms with Gasteiger partial charge in [-0.25, -0.2) is 0 Å². The maximum absolute atomic E-state index is 11.4. The molecule has 0 unspecified atom stereocenters. The molecular formula is C11H17N3O2. The van der Waals surface area contributed by atoms with Gasteiger partial charge in [0.05, 0.1) is 6.54 Å². The molecule has 0 atom stereocenters. The van der Waals surface area contributed by atoms with Gasteiger partial charge in [0, 0.05) is 31.0 Å². The fraction of sp³-hybridized carbons (Fsp3) is 0.455. The van der Waals surface area contributed by atoms with E-state index >= 15 is 0 Å². The normalized spacial score (nSPS) is 10.5. The molecule has 2 N–H and O–H groups in total. The van der Waals surface area contributed by atoms with Gasteiger partial charge in [-0.1, -0.05) is 13.8 Å². The molecule has 88 valence electrons. The number of rotatable bonds is 4. The minimum Gasteiger partial charge on any atom is -0.325 e. The Bertz CT molecular complexity index is 423. The Morgan fingerprint density at radius 3 is 2.75 bits per heavy atom. The first-order valence-electron chi connectivity index (χ1n) is 5.19. The Morgan fingerprint density at radius 1 is 1.50 bits per heavy atom. The Labute approximate surface area is 94.5 Å². The molecule has 1 amide bonds. The van der Waals surface area contributed by atoms with E-state index in [-0.39, 0.29) is 24.1 Å². The second-order valence-corrected chi connectivity index (χ2v) is 3.95. The van der Waals surface area contributed by atoms with Gasteiger partial charge in [0.15, 0.2) is 0 Å². The molecule has 0 bridgehead atoms. The van der Waals surface area contributed by atoms with E-state index in [1.807, 2.05) is 13.8 Å². The molecule has 0 fully saturated rings. The maximum atomic E-state index is 11.4. The highest BCUT2D eigenvalue weighted by atomic mass is 16.2. The van der Waals surface area contributed by atoms with Gasteiger partial charge in [-0.15, -0.1) is 0 Å². The Balaban J connectivity index is 2.56. The molecule has 16 heavy (non-hydrogen) atoms. The molecule has 5 heteroatoms. The van der Waals surface area contributed by atoms with Gasteiger partial charge in [-0.2, -0.15) is 0 Å². The molecule has 0 aromatic carbocycles. The number of hydrogen-bond acceptors (Lipinski definition) is 3. The van der Waals surface area contributed by atoms with Crippen molar-refractivity contribution in [3.8, 4) is 0 Å². The molecule has 0 aliphatic heterocycles. The number of nitrogens with one attached hydrogen (secondary N) is 2. The lowest BCUT2D eigenvalue weighted by atomic mass is 10.3. The predicted octanol–water partition coefficient (Wildman–Crippen LogP) is 0.322. The Kier molecular flexibility index (Phi) is 4.25. The molecule has 0 aliphatic carbocycles. The molecule has 1 aromatic heterocycles. The zero-order valence-corrected chi connectivity index (χ0v) is 9.78. The van der Waals surface area contributed by atoms with Crippen LogP contribution in [0.1, 0.15) is 13.8 Å². The van der Waals surface area contributed by atoms with Crippen LogP contribution in [0.25, 0.3) is 0 Å². The van der Waals surface area contributed by atoms with Crippen LogP contribution in [0.4, 0.5) is 5.69 Å². The summed E-state index contributed by atoms with van der Waals surface area (Å²) in [6.07, 6.45) is 1.62. The van der Waals surface area contributed by atoms with Crippen molar-refractivity contribution in [1.82, 2.24) is 9.88 Å². The highest BCUT2D eigenvalue weighted by Crippen LogP contribution is 2.00. The fourth-order valence-corrected chi connectivity index (χ4v) is 1.13. The van der Waals surface area contributed by atoms with Gasteiger partial charge in [0.2, 0.25) is 5.91 Å². The van der Waals surface area contributed by atoms with E-state index in [0.717, 1.165) is 0 Å². The molecule has 0 saturated carbocycles. The zero-order chi connectivity index (χ0) is 12.1. The van der Waals surface area contributed by atoms with Gasteiger partial charge in [-0.3, -0.25) is 9.59 Å². The van der Waals surface area contributed by atoms with Crippen LogP contribution in [0, 0.1) is 0 Å². The van der Waals surface area contributed by atoms with Gasteiger partial charge in [0.1, 0.15) is 0 Å². The second-order valence-electron chi connectivity index (χ2n) is 3.95. The SMILES string of the molecule is CC(C)NCC(=O)Nc1ccn(C)c(=O)c1. The van der Waals surface area contributed by atoms with Crippen molar-refractivity contribution in [1.29, 1.82) is 0 Å². The number of amides is 1. The smallest absolute Gasteiger partial charge is 0.252 e. The summed E-state index contributed by atoms with van der Waals surface area (Å²) in [5.41, 5.74) is 0.383. The van der Waals surface area contributed by atoms with E-state index in [2.05, 4.69) is 10.6 Å². The maximum Gasteiger partial charge on any atom is 0.252 e. The monoisotopic (exact) mass is 223 g/mol. The quantitative estimate of drug-likeness (QED) is 0.772. The molecular weight excluding hydrogens is 206 g/mol. The number of aryl methyl sites for hydroxylation is 1. The summed E-state index contributed by atoms with van der Waals surface area (Å²) >= 11 is 0. The topological polar surface area (TPSA) is 63.1 Å². The standard InChI is InChI=1S/C11H17N3O2/c1-8(2)12-7-10(15)13-9-4-5-14(3)11(16)6-9/h4-6,8,12H,7H2,1-3H3,(H,13,15). The van der Waals surface area contributed by atoms with Crippen molar-refractivity contribution < 1.29 is 4.79 Å². The van der Waals surface area contributed by atoms with Crippen LogP contribution in [0.15, 0.2) is 23.1 Å². The number of nitrogens with zero attached hydrogens (tertiary/aromatic N) is 1. The van der Waals surface area contributed by atoms with Crippen molar-refractivity contribution in [2.75, 3.05) is 11.9 Å². The third kappa shape index (κ3) is 3.86. The molecule has 0 radical (unpaired) electrons. The van der Waals surface area contributed by atoms with E-state index in [4.69, 9.17) is 0 Å². The van der Waals surface area contributed by atoms with Crippen LogP contribution < -0.4 is 16.2 Å². The minimum absolute atomic E-state index is 0.144. The van der Waals surface area contributed by atoms with Gasteiger partial charge >= 0.3 is 0 Å². The Morgan fingerprint density at radius 2 is 2.19 bits per heavy atom. The first-order valence-corrected chi connectivity index (χ1v) is 5.19. The lowest BCUT2D eigenvalue weighted by molar-refractivity contribution is -0.115. The molecule has 5 nitrogen and oxygen atoms in total. The highest BCUT2D eigenvalue weighted by molar-refractivity contribution is 5.92. The van der Waals surface area contributed by atoms with Crippen molar-refractivity contribution in [2.24, 2.45) is 7.05 Å². The summed E-state index contributed by atoms with van der Waals surface area (Å²) in [6.45, 7) is 4.17. The van der Waals surface area contributed by atoms with Crippen molar-refractivity contribution in [3.63, 3.8) is 0 Å². The average Bonchev–Trinajstić information content (AvgIpc) is 2.21. The number of hydrogen-bond donors (Lipinski definition) is 2. The Hall–Kier alpha value is -1.62.